The van der Waals surface area contributed by atoms with E-state index in [2.05, 4.69) is 14.9 Å². The number of benzene rings is 1. The monoisotopic (exact) mass is 487 g/mol. The Kier molecular flexibility index (Phi) is 7.76. The molecule has 0 saturated carbocycles. The van der Waals surface area contributed by atoms with Crippen LogP contribution in [0.15, 0.2) is 18.2 Å². The van der Waals surface area contributed by atoms with Crippen LogP contribution in [0.1, 0.15) is 22.5 Å². The first-order valence-corrected chi connectivity index (χ1v) is 11.9. The zero-order chi connectivity index (χ0) is 24.1. The first-order chi connectivity index (χ1) is 16.5. The van der Waals surface area contributed by atoms with Gasteiger partial charge in [-0.15, -0.1) is 0 Å². The van der Waals surface area contributed by atoms with Crippen molar-refractivity contribution in [2.75, 3.05) is 65.6 Å². The van der Waals surface area contributed by atoms with Crippen LogP contribution >= 0.6 is 11.3 Å². The van der Waals surface area contributed by atoms with Crippen molar-refractivity contribution in [1.82, 2.24) is 19.9 Å². The van der Waals surface area contributed by atoms with Crippen LogP contribution in [-0.2, 0) is 4.74 Å². The fourth-order valence-electron chi connectivity index (χ4n) is 3.79. The lowest BCUT2D eigenvalue weighted by molar-refractivity contribution is 0.0376. The number of carbonyl (C=O) groups excluding carboxylic acids is 1. The second kappa shape index (κ2) is 10.9. The number of hydrogen-bond acceptors (Lipinski definition) is 10. The minimum atomic E-state index is -0.295. The lowest BCUT2D eigenvalue weighted by Crippen LogP contribution is -2.39. The summed E-state index contributed by atoms with van der Waals surface area (Å²) in [4.78, 5) is 30.9. The molecule has 2 aromatic heterocycles. The Morgan fingerprint density at radius 1 is 1.12 bits per heavy atom. The summed E-state index contributed by atoms with van der Waals surface area (Å²) >= 11 is 1.46. The first-order valence-electron chi connectivity index (χ1n) is 11.1. The van der Waals surface area contributed by atoms with Gasteiger partial charge in [-0.1, -0.05) is 17.4 Å². The number of rotatable bonds is 9. The van der Waals surface area contributed by atoms with Crippen molar-refractivity contribution in [1.29, 1.82) is 0 Å². The molecule has 182 valence electrons. The number of fused-ring (bicyclic) bond motifs is 1. The molecule has 34 heavy (non-hydrogen) atoms. The van der Waals surface area contributed by atoms with E-state index in [0.717, 1.165) is 55.0 Å². The smallest absolute Gasteiger partial charge is 0.320 e. The van der Waals surface area contributed by atoms with Gasteiger partial charge in [0.15, 0.2) is 5.13 Å². The highest BCUT2D eigenvalue weighted by atomic mass is 32.1. The number of carbonyl (C=O) groups is 1. The van der Waals surface area contributed by atoms with Gasteiger partial charge in [-0.3, -0.25) is 14.6 Å². The fourth-order valence-corrected chi connectivity index (χ4v) is 4.86. The first kappa shape index (κ1) is 24.1. The Bertz CT molecular complexity index is 1130. The van der Waals surface area contributed by atoms with Crippen LogP contribution in [0.2, 0.25) is 0 Å². The zero-order valence-electron chi connectivity index (χ0n) is 19.9. The van der Waals surface area contributed by atoms with Gasteiger partial charge in [0.1, 0.15) is 17.0 Å². The van der Waals surface area contributed by atoms with E-state index < -0.39 is 0 Å². The van der Waals surface area contributed by atoms with Gasteiger partial charge in [0.2, 0.25) is 5.88 Å². The molecule has 0 atom stereocenters. The van der Waals surface area contributed by atoms with Crippen molar-refractivity contribution < 1.29 is 23.7 Å². The van der Waals surface area contributed by atoms with E-state index in [1.165, 1.54) is 31.6 Å². The molecular weight excluding hydrogens is 458 g/mol. The van der Waals surface area contributed by atoms with Crippen LogP contribution in [0.4, 0.5) is 5.13 Å². The van der Waals surface area contributed by atoms with E-state index in [1.807, 2.05) is 19.1 Å². The predicted octanol–water partition coefficient (Wildman–Crippen LogP) is 2.79. The topological polar surface area (TPSA) is 99.1 Å². The van der Waals surface area contributed by atoms with Gasteiger partial charge in [0.05, 0.1) is 39.2 Å². The SMILES string of the molecule is COc1cc(C(=O)N(CCCN2CCOCC2)c2nc3c(OC)ccc(C)c3s2)nc(OC)n1. The average Bonchev–Trinajstić information content (AvgIpc) is 3.33. The number of anilines is 1. The van der Waals surface area contributed by atoms with Crippen molar-refractivity contribution >= 4 is 32.6 Å². The van der Waals surface area contributed by atoms with Crippen LogP contribution < -0.4 is 19.1 Å². The maximum Gasteiger partial charge on any atom is 0.320 e. The van der Waals surface area contributed by atoms with Crippen molar-refractivity contribution in [3.05, 3.63) is 29.5 Å². The molecule has 1 fully saturated rings. The molecule has 1 amide bonds. The molecule has 1 aromatic carbocycles. The van der Waals surface area contributed by atoms with Gasteiger partial charge < -0.3 is 18.9 Å². The third-order valence-electron chi connectivity index (χ3n) is 5.64. The maximum atomic E-state index is 13.7. The third-order valence-corrected chi connectivity index (χ3v) is 6.85. The van der Waals surface area contributed by atoms with Crippen LogP contribution in [-0.4, -0.2) is 86.5 Å². The maximum absolute atomic E-state index is 13.7. The zero-order valence-corrected chi connectivity index (χ0v) is 20.7. The Morgan fingerprint density at radius 3 is 2.62 bits per heavy atom. The van der Waals surface area contributed by atoms with Gasteiger partial charge in [0, 0.05) is 32.2 Å². The van der Waals surface area contributed by atoms with E-state index in [-0.39, 0.29) is 23.5 Å². The van der Waals surface area contributed by atoms with Crippen LogP contribution in [0.3, 0.4) is 0 Å². The summed E-state index contributed by atoms with van der Waals surface area (Å²) in [5, 5.41) is 0.589. The summed E-state index contributed by atoms with van der Waals surface area (Å²) in [6.45, 7) is 6.62. The Balaban J connectivity index is 1.67. The molecular formula is C23H29N5O5S. The summed E-state index contributed by atoms with van der Waals surface area (Å²) < 4.78 is 22.3. The minimum Gasteiger partial charge on any atom is -0.494 e. The van der Waals surface area contributed by atoms with E-state index in [0.29, 0.717) is 17.4 Å². The molecule has 11 heteroatoms. The third kappa shape index (κ3) is 5.21. The van der Waals surface area contributed by atoms with Gasteiger partial charge >= 0.3 is 6.01 Å². The standard InChI is InChI=1S/C23H29N5O5S/c1-15-6-7-17(30-2)19-20(15)34-23(26-19)28(9-5-8-27-10-12-33-13-11-27)21(29)16-14-18(31-3)25-22(24-16)32-4/h6-7,14H,5,8-13H2,1-4H3. The van der Waals surface area contributed by atoms with Crippen molar-refractivity contribution in [2.45, 2.75) is 13.3 Å². The number of nitrogens with zero attached hydrogens (tertiary/aromatic N) is 5. The highest BCUT2D eigenvalue weighted by Crippen LogP contribution is 2.37. The van der Waals surface area contributed by atoms with Crippen molar-refractivity contribution in [2.24, 2.45) is 0 Å². The Morgan fingerprint density at radius 2 is 1.91 bits per heavy atom. The van der Waals surface area contributed by atoms with Gasteiger partial charge in [-0.05, 0) is 25.0 Å². The number of amides is 1. The number of methoxy groups -OCH3 is 3. The van der Waals surface area contributed by atoms with E-state index in [1.54, 1.807) is 12.0 Å². The molecule has 1 aliphatic rings. The molecule has 4 rings (SSSR count). The summed E-state index contributed by atoms with van der Waals surface area (Å²) in [5.41, 5.74) is 2.00. The fraction of sp³-hybridized carbons (Fsp3) is 0.478. The number of ether oxygens (including phenoxy) is 4. The van der Waals surface area contributed by atoms with Crippen molar-refractivity contribution in [3.8, 4) is 17.6 Å². The molecule has 0 spiro atoms. The van der Waals surface area contributed by atoms with Crippen molar-refractivity contribution in [3.63, 3.8) is 0 Å². The average molecular weight is 488 g/mol. The Labute approximate surface area is 202 Å². The van der Waals surface area contributed by atoms with E-state index >= 15 is 0 Å². The molecule has 0 bridgehead atoms. The number of morpholine rings is 1. The summed E-state index contributed by atoms with van der Waals surface area (Å²) in [7, 11) is 4.55. The largest absolute Gasteiger partial charge is 0.494 e. The van der Waals surface area contributed by atoms with Crippen LogP contribution in [0.25, 0.3) is 10.2 Å². The predicted molar refractivity (Wildman–Crippen MR) is 130 cm³/mol. The Hall–Kier alpha value is -3.02. The molecule has 3 aromatic rings. The van der Waals surface area contributed by atoms with Gasteiger partial charge in [-0.25, -0.2) is 4.98 Å². The summed E-state index contributed by atoms with van der Waals surface area (Å²) in [6, 6.07) is 5.47. The second-order valence-electron chi connectivity index (χ2n) is 7.81. The second-order valence-corrected chi connectivity index (χ2v) is 8.78. The highest BCUT2D eigenvalue weighted by Gasteiger charge is 2.25. The van der Waals surface area contributed by atoms with E-state index in [4.69, 9.17) is 23.9 Å². The van der Waals surface area contributed by atoms with Gasteiger partial charge in [-0.2, -0.15) is 9.97 Å². The summed E-state index contributed by atoms with van der Waals surface area (Å²) in [6.07, 6.45) is 0.775. The molecule has 10 nitrogen and oxygen atoms in total. The minimum absolute atomic E-state index is 0.0674. The lowest BCUT2D eigenvalue weighted by Gasteiger charge is -2.27. The molecule has 0 unspecified atom stereocenters. The number of hydrogen-bond donors (Lipinski definition) is 0. The quantitative estimate of drug-likeness (QED) is 0.451. The van der Waals surface area contributed by atoms with Gasteiger partial charge in [0.25, 0.3) is 5.91 Å². The number of aryl methyl sites for hydroxylation is 1. The van der Waals surface area contributed by atoms with Crippen LogP contribution in [0, 0.1) is 6.92 Å². The number of aromatic nitrogens is 3. The lowest BCUT2D eigenvalue weighted by atomic mass is 10.2. The molecule has 0 N–H and O–H groups in total. The molecule has 0 aliphatic carbocycles. The molecule has 1 aliphatic heterocycles. The van der Waals surface area contributed by atoms with Crippen LogP contribution in [0.5, 0.6) is 17.6 Å². The number of thiazole rings is 1. The van der Waals surface area contributed by atoms with E-state index in [9.17, 15) is 4.79 Å². The summed E-state index contributed by atoms with van der Waals surface area (Å²) in [5.74, 6) is 0.635. The molecule has 1 saturated heterocycles. The highest BCUT2D eigenvalue weighted by molar-refractivity contribution is 7.22. The molecule has 3 heterocycles. The normalized spacial score (nSPS) is 14.2. The molecule has 0 radical (unpaired) electrons.